The lowest BCUT2D eigenvalue weighted by atomic mass is 10.1. The van der Waals surface area contributed by atoms with E-state index in [1.165, 1.54) is 51.6 Å². The topological polar surface area (TPSA) is 160 Å². The standard InChI is InChI=1S/C30H24F2N4O7.C4H8O2/c1-41-26-14-20-23(15-27(26)42-2)33-10-9-24(20)43-25-8-5-18(13-22(25)32)34-28(38)21-16-35(11-12-37)30(40)36(29(21)39)19-6-3-17(31)4-7-19;1-3-6-4(2)5/h3-10,13-16,37H,11-12H2,1-2H3,(H,34,38);3H2,1-2H3. The van der Waals surface area contributed by atoms with E-state index in [0.717, 1.165) is 29.0 Å². The zero-order chi connectivity index (χ0) is 35.7. The number of nitrogens with one attached hydrogen (secondary N) is 1. The number of halogens is 2. The van der Waals surface area contributed by atoms with Gasteiger partial charge in [-0.05, 0) is 55.5 Å². The molecule has 0 aliphatic heterocycles. The molecule has 0 spiro atoms. The van der Waals surface area contributed by atoms with Crippen LogP contribution in [-0.2, 0) is 16.1 Å². The number of hydrogen-bond acceptors (Lipinski definition) is 10. The molecule has 49 heavy (non-hydrogen) atoms. The highest BCUT2D eigenvalue weighted by molar-refractivity contribution is 6.04. The number of methoxy groups -OCH3 is 2. The van der Waals surface area contributed by atoms with Gasteiger partial charge in [0.15, 0.2) is 23.1 Å². The van der Waals surface area contributed by atoms with Crippen molar-refractivity contribution in [1.82, 2.24) is 14.1 Å². The monoisotopic (exact) mass is 678 g/mol. The van der Waals surface area contributed by atoms with Gasteiger partial charge in [0.1, 0.15) is 17.1 Å². The lowest BCUT2D eigenvalue weighted by Crippen LogP contribution is -2.42. The molecule has 5 aromatic rings. The van der Waals surface area contributed by atoms with E-state index in [2.05, 4.69) is 15.0 Å². The van der Waals surface area contributed by atoms with Crippen molar-refractivity contribution in [3.63, 3.8) is 0 Å². The molecular weight excluding hydrogens is 646 g/mol. The van der Waals surface area contributed by atoms with Crippen molar-refractivity contribution in [2.45, 2.75) is 20.4 Å². The van der Waals surface area contributed by atoms with Crippen molar-refractivity contribution < 1.29 is 42.4 Å². The summed E-state index contributed by atoms with van der Waals surface area (Å²) in [6, 6.07) is 13.0. The first-order chi connectivity index (χ1) is 23.5. The number of pyridine rings is 1. The fourth-order valence-corrected chi connectivity index (χ4v) is 4.56. The average Bonchev–Trinajstić information content (AvgIpc) is 3.07. The number of rotatable bonds is 10. The minimum absolute atomic E-state index is 0.00603. The van der Waals surface area contributed by atoms with Crippen LogP contribution in [0.4, 0.5) is 14.5 Å². The van der Waals surface area contributed by atoms with E-state index in [1.807, 2.05) is 0 Å². The van der Waals surface area contributed by atoms with E-state index in [-0.39, 0.29) is 35.4 Å². The molecule has 0 radical (unpaired) electrons. The quantitative estimate of drug-likeness (QED) is 0.202. The highest BCUT2D eigenvalue weighted by Crippen LogP contribution is 2.37. The number of aliphatic hydroxyl groups excluding tert-OH is 1. The summed E-state index contributed by atoms with van der Waals surface area (Å²) in [5.41, 5.74) is -1.76. The molecule has 256 valence electrons. The summed E-state index contributed by atoms with van der Waals surface area (Å²) in [5.74, 6) is -1.55. The molecule has 0 atom stereocenters. The van der Waals surface area contributed by atoms with Crippen LogP contribution in [-0.4, -0.2) is 58.5 Å². The second kappa shape index (κ2) is 16.1. The van der Waals surface area contributed by atoms with Crippen molar-refractivity contribution in [2.24, 2.45) is 0 Å². The Labute approximate surface area is 277 Å². The summed E-state index contributed by atoms with van der Waals surface area (Å²) < 4.78 is 51.1. The van der Waals surface area contributed by atoms with E-state index < -0.39 is 41.0 Å². The number of carbonyl (C=O) groups excluding carboxylic acids is 2. The number of aliphatic hydroxyl groups is 1. The number of esters is 1. The van der Waals surface area contributed by atoms with Gasteiger partial charge in [-0.3, -0.25) is 23.9 Å². The van der Waals surface area contributed by atoms with Crippen LogP contribution in [0.25, 0.3) is 16.6 Å². The lowest BCUT2D eigenvalue weighted by Gasteiger charge is -2.14. The molecule has 0 saturated carbocycles. The summed E-state index contributed by atoms with van der Waals surface area (Å²) in [4.78, 5) is 53.3. The third-order valence-corrected chi connectivity index (χ3v) is 6.79. The second-order valence-electron chi connectivity index (χ2n) is 10.0. The molecule has 2 heterocycles. The summed E-state index contributed by atoms with van der Waals surface area (Å²) in [5, 5.41) is 12.4. The summed E-state index contributed by atoms with van der Waals surface area (Å²) in [7, 11) is 2.97. The molecular formula is C34H32F2N4O9. The SMILES string of the molecule is CCOC(C)=O.COc1cc2nccc(Oc3ccc(NC(=O)c4cn(CCO)c(=O)n(-c5ccc(F)cc5)c4=O)cc3F)c2cc1OC. The molecule has 2 N–H and O–H groups in total. The maximum absolute atomic E-state index is 15.2. The molecule has 0 saturated heterocycles. The molecule has 0 fully saturated rings. The fraction of sp³-hybridized carbons (Fsp3) is 0.206. The van der Waals surface area contributed by atoms with Gasteiger partial charge in [0, 0.05) is 42.5 Å². The van der Waals surface area contributed by atoms with E-state index in [9.17, 15) is 28.7 Å². The van der Waals surface area contributed by atoms with Crippen molar-refractivity contribution in [3.8, 4) is 28.7 Å². The van der Waals surface area contributed by atoms with Gasteiger partial charge >= 0.3 is 11.7 Å². The normalized spacial score (nSPS) is 10.5. The Morgan fingerprint density at radius 2 is 1.61 bits per heavy atom. The number of aromatic nitrogens is 3. The number of carbonyl (C=O) groups is 2. The smallest absolute Gasteiger partial charge is 0.335 e. The van der Waals surface area contributed by atoms with Gasteiger partial charge in [0.2, 0.25) is 0 Å². The van der Waals surface area contributed by atoms with Crippen LogP contribution in [0.5, 0.6) is 23.0 Å². The van der Waals surface area contributed by atoms with E-state index in [1.54, 1.807) is 25.1 Å². The molecule has 5 rings (SSSR count). The minimum Gasteiger partial charge on any atom is -0.493 e. The maximum Gasteiger partial charge on any atom is 0.335 e. The Morgan fingerprint density at radius 3 is 2.20 bits per heavy atom. The highest BCUT2D eigenvalue weighted by Gasteiger charge is 2.20. The summed E-state index contributed by atoms with van der Waals surface area (Å²) in [6.45, 7) is 2.98. The molecule has 0 unspecified atom stereocenters. The predicted molar refractivity (Wildman–Crippen MR) is 175 cm³/mol. The van der Waals surface area contributed by atoms with Crippen LogP contribution in [0, 0.1) is 11.6 Å². The number of hydrogen-bond donors (Lipinski definition) is 2. The Bertz CT molecular complexity index is 2100. The molecule has 0 aliphatic rings. The zero-order valence-electron chi connectivity index (χ0n) is 26.9. The molecule has 13 nitrogen and oxygen atoms in total. The first-order valence-electron chi connectivity index (χ1n) is 14.7. The Morgan fingerprint density at radius 1 is 0.918 bits per heavy atom. The summed E-state index contributed by atoms with van der Waals surface area (Å²) in [6.07, 6.45) is 2.49. The van der Waals surface area contributed by atoms with Crippen molar-refractivity contribution in [1.29, 1.82) is 0 Å². The highest BCUT2D eigenvalue weighted by atomic mass is 19.1. The van der Waals surface area contributed by atoms with Gasteiger partial charge in [0.25, 0.3) is 11.5 Å². The van der Waals surface area contributed by atoms with Crippen LogP contribution in [0.15, 0.2) is 82.6 Å². The number of benzene rings is 3. The predicted octanol–water partition coefficient (Wildman–Crippen LogP) is 4.45. The molecule has 15 heteroatoms. The fourth-order valence-electron chi connectivity index (χ4n) is 4.56. The van der Waals surface area contributed by atoms with Crippen molar-refractivity contribution >= 4 is 28.5 Å². The second-order valence-corrected chi connectivity index (χ2v) is 10.0. The Kier molecular flexibility index (Phi) is 11.8. The first-order valence-corrected chi connectivity index (χ1v) is 14.7. The maximum atomic E-state index is 15.2. The van der Waals surface area contributed by atoms with Gasteiger partial charge in [-0.25, -0.2) is 18.1 Å². The van der Waals surface area contributed by atoms with Crippen LogP contribution < -0.4 is 30.8 Å². The molecule has 0 bridgehead atoms. The van der Waals surface area contributed by atoms with E-state index in [0.29, 0.717) is 33.6 Å². The minimum atomic E-state index is -0.986. The van der Waals surface area contributed by atoms with Gasteiger partial charge in [0.05, 0.1) is 45.2 Å². The van der Waals surface area contributed by atoms with Crippen molar-refractivity contribution in [3.05, 3.63) is 111 Å². The molecule has 0 aliphatic carbocycles. The average molecular weight is 679 g/mol. The molecule has 3 aromatic carbocycles. The van der Waals surface area contributed by atoms with E-state index in [4.69, 9.17) is 14.2 Å². The number of ether oxygens (including phenoxy) is 4. The third-order valence-electron chi connectivity index (χ3n) is 6.79. The molecule has 1 amide bonds. The van der Waals surface area contributed by atoms with Gasteiger partial charge < -0.3 is 29.4 Å². The van der Waals surface area contributed by atoms with Gasteiger partial charge in [-0.2, -0.15) is 0 Å². The van der Waals surface area contributed by atoms with Crippen molar-refractivity contribution in [2.75, 3.05) is 32.8 Å². The van der Waals surface area contributed by atoms with Gasteiger partial charge in [-0.1, -0.05) is 0 Å². The number of anilines is 1. The van der Waals surface area contributed by atoms with Crippen LogP contribution in [0.2, 0.25) is 0 Å². The lowest BCUT2D eigenvalue weighted by molar-refractivity contribution is -0.140. The third kappa shape index (κ3) is 8.44. The first kappa shape index (κ1) is 35.8. The number of nitrogens with zero attached hydrogens (tertiary/aromatic N) is 3. The van der Waals surface area contributed by atoms with E-state index >= 15 is 4.39 Å². The van der Waals surface area contributed by atoms with Crippen LogP contribution in [0.1, 0.15) is 24.2 Å². The zero-order valence-corrected chi connectivity index (χ0v) is 26.9. The van der Waals surface area contributed by atoms with Crippen LogP contribution in [0.3, 0.4) is 0 Å². The number of fused-ring (bicyclic) bond motifs is 1. The Hall–Kier alpha value is -6.09. The van der Waals surface area contributed by atoms with Gasteiger partial charge in [-0.15, -0.1) is 0 Å². The molecule has 2 aromatic heterocycles. The number of amides is 1. The Balaban J connectivity index is 0.000000827. The summed E-state index contributed by atoms with van der Waals surface area (Å²) >= 11 is 0. The van der Waals surface area contributed by atoms with Crippen LogP contribution >= 0.6 is 0 Å². The largest absolute Gasteiger partial charge is 0.493 e.